The van der Waals surface area contributed by atoms with Crippen LogP contribution in [0.2, 0.25) is 0 Å². The van der Waals surface area contributed by atoms with Gasteiger partial charge in [-0.3, -0.25) is 14.0 Å². The molecule has 0 aliphatic heterocycles. The fourth-order valence-electron chi connectivity index (χ4n) is 3.22. The highest BCUT2D eigenvalue weighted by Gasteiger charge is 2.16. The summed E-state index contributed by atoms with van der Waals surface area (Å²) < 4.78 is 31.9. The minimum Gasteiger partial charge on any atom is -0.285 e. The van der Waals surface area contributed by atoms with Gasteiger partial charge in [0, 0.05) is 43.0 Å². The van der Waals surface area contributed by atoms with Crippen molar-refractivity contribution in [2.24, 2.45) is 7.05 Å². The lowest BCUT2D eigenvalue weighted by Crippen LogP contribution is -2.39. The predicted molar refractivity (Wildman–Crippen MR) is 116 cm³/mol. The molecular formula is C20H26N6O3S. The Hall–Kier alpha value is -2.98. The van der Waals surface area contributed by atoms with Gasteiger partial charge in [0.25, 0.3) is 5.91 Å². The van der Waals surface area contributed by atoms with E-state index in [4.69, 9.17) is 0 Å². The fraction of sp³-hybridized carbons (Fsp3) is 0.350. The van der Waals surface area contributed by atoms with Gasteiger partial charge < -0.3 is 0 Å². The molecule has 0 fully saturated rings. The average molecular weight is 431 g/mol. The van der Waals surface area contributed by atoms with Crippen molar-refractivity contribution >= 4 is 33.2 Å². The molecule has 0 saturated carbocycles. The van der Waals surface area contributed by atoms with Gasteiger partial charge in [-0.25, -0.2) is 9.71 Å². The number of hydrogen-bond acceptors (Lipinski definition) is 5. The zero-order valence-corrected chi connectivity index (χ0v) is 18.1. The van der Waals surface area contributed by atoms with E-state index in [0.717, 1.165) is 36.1 Å². The lowest BCUT2D eigenvalue weighted by molar-refractivity contribution is -0.114. The third-order valence-electron chi connectivity index (χ3n) is 4.62. The van der Waals surface area contributed by atoms with Crippen molar-refractivity contribution in [1.82, 2.24) is 28.8 Å². The smallest absolute Gasteiger partial charge is 0.285 e. The first-order chi connectivity index (χ1) is 14.3. The van der Waals surface area contributed by atoms with Gasteiger partial charge in [-0.1, -0.05) is 19.8 Å². The first-order valence-electron chi connectivity index (χ1n) is 9.78. The van der Waals surface area contributed by atoms with E-state index < -0.39 is 16.1 Å². The third kappa shape index (κ3) is 4.95. The van der Waals surface area contributed by atoms with E-state index in [-0.39, 0.29) is 0 Å². The molecule has 2 N–H and O–H groups in total. The molecule has 0 bridgehead atoms. The van der Waals surface area contributed by atoms with Gasteiger partial charge in [-0.2, -0.15) is 18.2 Å². The molecule has 0 atom stereocenters. The number of amides is 1. The van der Waals surface area contributed by atoms with Crippen LogP contribution in [0.3, 0.4) is 0 Å². The van der Waals surface area contributed by atoms with Crippen LogP contribution >= 0.6 is 0 Å². The number of unbranched alkanes of at least 4 members (excludes halogenated alkanes) is 2. The zero-order valence-electron chi connectivity index (χ0n) is 17.3. The number of fused-ring (bicyclic) bond motifs is 1. The Bertz CT molecular complexity index is 1180. The molecule has 0 saturated heterocycles. The first-order valence-corrected chi connectivity index (χ1v) is 11.3. The Labute approximate surface area is 176 Å². The number of hydrogen-bond donors (Lipinski definition) is 2. The molecule has 3 aromatic heterocycles. The molecule has 3 aromatic rings. The van der Waals surface area contributed by atoms with Crippen LogP contribution in [0.4, 0.5) is 0 Å². The number of aromatic nitrogens is 4. The molecule has 0 aromatic carbocycles. The van der Waals surface area contributed by atoms with E-state index >= 15 is 0 Å². The maximum atomic E-state index is 12.2. The van der Waals surface area contributed by atoms with E-state index in [9.17, 15) is 13.2 Å². The Morgan fingerprint density at radius 1 is 1.27 bits per heavy atom. The largest absolute Gasteiger partial charge is 0.301 e. The number of nitrogens with zero attached hydrogens (tertiary/aromatic N) is 4. The van der Waals surface area contributed by atoms with Crippen LogP contribution in [0.1, 0.15) is 37.4 Å². The standard InChI is InChI=1S/C20H26N6O3S/c1-4-5-6-13-22-30(28,29)24-18(27)10-9-17-15(2)23-25(3)20(17)26-14-11-16-8-7-12-21-19(16)26/h7-12,14,22H,4-6,13H2,1-3H3,(H,24,27). The number of carbonyl (C=O) groups excluding carboxylic acids is 1. The molecule has 160 valence electrons. The highest BCUT2D eigenvalue weighted by atomic mass is 32.2. The summed E-state index contributed by atoms with van der Waals surface area (Å²) in [5, 5.41) is 5.41. The molecule has 0 radical (unpaired) electrons. The average Bonchev–Trinajstić information content (AvgIpc) is 3.23. The van der Waals surface area contributed by atoms with Crippen molar-refractivity contribution in [3.05, 3.63) is 47.9 Å². The van der Waals surface area contributed by atoms with Crippen LogP contribution in [-0.2, 0) is 22.1 Å². The van der Waals surface area contributed by atoms with Crippen LogP contribution in [-0.4, -0.2) is 40.2 Å². The lowest BCUT2D eigenvalue weighted by Gasteiger charge is -2.08. The molecule has 0 aliphatic carbocycles. The van der Waals surface area contributed by atoms with Crippen LogP contribution in [0.25, 0.3) is 22.9 Å². The van der Waals surface area contributed by atoms with Crippen molar-refractivity contribution in [2.75, 3.05) is 6.54 Å². The zero-order chi connectivity index (χ0) is 21.7. The Kier molecular flexibility index (Phi) is 6.68. The monoisotopic (exact) mass is 430 g/mol. The highest BCUT2D eigenvalue weighted by molar-refractivity contribution is 7.88. The third-order valence-corrected chi connectivity index (χ3v) is 5.68. The minimum absolute atomic E-state index is 0.291. The highest BCUT2D eigenvalue weighted by Crippen LogP contribution is 2.24. The maximum absolute atomic E-state index is 12.2. The summed E-state index contributed by atoms with van der Waals surface area (Å²) in [5.74, 6) is -0.00604. The van der Waals surface area contributed by atoms with Gasteiger partial charge in [0.1, 0.15) is 11.5 Å². The van der Waals surface area contributed by atoms with Crippen LogP contribution in [0, 0.1) is 6.92 Å². The molecule has 3 heterocycles. The topological polar surface area (TPSA) is 111 Å². The molecular weight excluding hydrogens is 404 g/mol. The maximum Gasteiger partial charge on any atom is 0.301 e. The second kappa shape index (κ2) is 9.23. The predicted octanol–water partition coefficient (Wildman–Crippen LogP) is 2.22. The second-order valence-electron chi connectivity index (χ2n) is 6.95. The number of pyridine rings is 1. The van der Waals surface area contributed by atoms with Crippen LogP contribution in [0.15, 0.2) is 36.7 Å². The van der Waals surface area contributed by atoms with Crippen molar-refractivity contribution in [3.8, 4) is 5.82 Å². The summed E-state index contributed by atoms with van der Waals surface area (Å²) in [6.45, 7) is 4.15. The van der Waals surface area contributed by atoms with Gasteiger partial charge >= 0.3 is 10.2 Å². The summed E-state index contributed by atoms with van der Waals surface area (Å²) in [7, 11) is -2.08. The SMILES string of the molecule is CCCCCNS(=O)(=O)NC(=O)C=Cc1c(C)nn(C)c1-n1ccc2cccnc21. The van der Waals surface area contributed by atoms with Crippen molar-refractivity contribution < 1.29 is 13.2 Å². The second-order valence-corrected chi connectivity index (χ2v) is 8.45. The number of aryl methyl sites for hydroxylation is 2. The summed E-state index contributed by atoms with van der Waals surface area (Å²) in [6, 6.07) is 5.77. The van der Waals surface area contributed by atoms with Crippen LogP contribution < -0.4 is 9.44 Å². The number of carbonyl (C=O) groups is 1. The molecule has 3 rings (SSSR count). The minimum atomic E-state index is -3.89. The van der Waals surface area contributed by atoms with Crippen molar-refractivity contribution in [3.63, 3.8) is 0 Å². The van der Waals surface area contributed by atoms with Crippen molar-refractivity contribution in [1.29, 1.82) is 0 Å². The van der Waals surface area contributed by atoms with E-state index in [2.05, 4.69) is 14.8 Å². The van der Waals surface area contributed by atoms with Crippen LogP contribution in [0.5, 0.6) is 0 Å². The Morgan fingerprint density at radius 3 is 2.83 bits per heavy atom. The summed E-state index contributed by atoms with van der Waals surface area (Å²) in [4.78, 5) is 16.6. The van der Waals surface area contributed by atoms with Crippen molar-refractivity contribution in [2.45, 2.75) is 33.1 Å². The Morgan fingerprint density at radius 2 is 2.07 bits per heavy atom. The summed E-state index contributed by atoms with van der Waals surface area (Å²) in [5.41, 5.74) is 2.16. The van der Waals surface area contributed by atoms with E-state index in [1.807, 2.05) is 47.5 Å². The van der Waals surface area contributed by atoms with E-state index in [1.54, 1.807) is 24.0 Å². The molecule has 0 spiro atoms. The molecule has 0 aliphatic rings. The number of rotatable bonds is 9. The Balaban J connectivity index is 1.80. The molecule has 10 heteroatoms. The van der Waals surface area contributed by atoms with Gasteiger partial charge in [-0.15, -0.1) is 0 Å². The van der Waals surface area contributed by atoms with Gasteiger partial charge in [0.05, 0.1) is 5.69 Å². The normalized spacial score (nSPS) is 12.1. The number of nitrogens with one attached hydrogen (secondary N) is 2. The van der Waals surface area contributed by atoms with E-state index in [0.29, 0.717) is 17.8 Å². The molecule has 9 nitrogen and oxygen atoms in total. The first kappa shape index (κ1) is 21.7. The molecule has 1 amide bonds. The quantitative estimate of drug-likeness (QED) is 0.399. The molecule has 0 unspecified atom stereocenters. The van der Waals surface area contributed by atoms with Gasteiger partial charge in [0.15, 0.2) is 0 Å². The van der Waals surface area contributed by atoms with Gasteiger partial charge in [-0.05, 0) is 37.6 Å². The summed E-state index contributed by atoms with van der Waals surface area (Å²) >= 11 is 0. The van der Waals surface area contributed by atoms with Gasteiger partial charge in [0.2, 0.25) is 0 Å². The van der Waals surface area contributed by atoms with E-state index in [1.165, 1.54) is 6.08 Å². The molecule has 30 heavy (non-hydrogen) atoms. The lowest BCUT2D eigenvalue weighted by atomic mass is 10.2. The fourth-order valence-corrected chi connectivity index (χ4v) is 4.04. The summed E-state index contributed by atoms with van der Waals surface area (Å²) in [6.07, 6.45) is 8.97.